The Bertz CT molecular complexity index is 340. The maximum atomic E-state index is 9.96. The van der Waals surface area contributed by atoms with Gasteiger partial charge in [-0.05, 0) is 31.8 Å². The van der Waals surface area contributed by atoms with E-state index in [4.69, 9.17) is 0 Å². The Morgan fingerprint density at radius 1 is 0.875 bits per heavy atom. The first-order valence-electron chi connectivity index (χ1n) is 5.74. The third-order valence-electron chi connectivity index (χ3n) is 2.38. The predicted molar refractivity (Wildman–Crippen MR) is 69.2 cm³/mol. The van der Waals surface area contributed by atoms with Crippen molar-refractivity contribution in [1.82, 2.24) is 0 Å². The number of rotatable bonds is 5. The summed E-state index contributed by atoms with van der Waals surface area (Å²) in [4.78, 5) is 9.96. The molecule has 0 bridgehead atoms. The molecular weight excluding hydrogens is 196 g/mol. The summed E-state index contributed by atoms with van der Waals surface area (Å²) in [5.41, 5.74) is 1.45. The molecule has 0 aliphatic heterocycles. The second-order valence-corrected chi connectivity index (χ2v) is 3.67. The van der Waals surface area contributed by atoms with Crippen LogP contribution < -0.4 is 0 Å². The zero-order chi connectivity index (χ0) is 11.5. The molecule has 0 aromatic heterocycles. The van der Waals surface area contributed by atoms with Crippen LogP contribution in [0.3, 0.4) is 0 Å². The van der Waals surface area contributed by atoms with Crippen LogP contribution >= 0.6 is 0 Å². The lowest BCUT2D eigenvalue weighted by atomic mass is 9.99. The summed E-state index contributed by atoms with van der Waals surface area (Å²) in [6.07, 6.45) is 23.3. The first-order valence-corrected chi connectivity index (χ1v) is 5.74. The van der Waals surface area contributed by atoms with Gasteiger partial charge in [0.2, 0.25) is 0 Å². The van der Waals surface area contributed by atoms with E-state index in [0.717, 1.165) is 6.29 Å². The number of hydrogen-bond acceptors (Lipinski definition) is 1. The molecule has 1 heteroatoms. The van der Waals surface area contributed by atoms with E-state index in [1.165, 1.54) is 37.3 Å². The van der Waals surface area contributed by atoms with Gasteiger partial charge in [-0.1, -0.05) is 54.2 Å². The first kappa shape index (κ1) is 12.4. The highest BCUT2D eigenvalue weighted by molar-refractivity contribution is 5.65. The molecule has 0 saturated carbocycles. The summed E-state index contributed by atoms with van der Waals surface area (Å²) in [7, 11) is 0. The quantitative estimate of drug-likeness (QED) is 0.385. The van der Waals surface area contributed by atoms with Crippen molar-refractivity contribution in [3.63, 3.8) is 0 Å². The Hall–Kier alpha value is -1.63. The molecule has 0 spiro atoms. The largest absolute Gasteiger partial charge is 0.299 e. The Morgan fingerprint density at radius 2 is 1.56 bits per heavy atom. The molecule has 0 atom stereocenters. The average molecular weight is 214 g/mol. The van der Waals surface area contributed by atoms with E-state index in [-0.39, 0.29) is 0 Å². The standard InChI is InChI=1S/C15H18O/c16-14-10-5-3-1-2-4-7-11-15-12-8-6-9-13-15/h1-5,7,10-12,14H,6,8-9,13H2. The molecule has 0 heterocycles. The maximum Gasteiger partial charge on any atom is 0.142 e. The fourth-order valence-corrected chi connectivity index (χ4v) is 1.56. The van der Waals surface area contributed by atoms with E-state index in [0.29, 0.717) is 0 Å². The van der Waals surface area contributed by atoms with Crippen molar-refractivity contribution in [2.45, 2.75) is 25.7 Å². The summed E-state index contributed by atoms with van der Waals surface area (Å²) in [5, 5.41) is 0. The van der Waals surface area contributed by atoms with E-state index in [1.807, 2.05) is 24.3 Å². The molecule has 0 aromatic carbocycles. The Kier molecular flexibility index (Phi) is 6.73. The molecule has 84 valence electrons. The molecule has 1 rings (SSSR count). The number of allylic oxidation sites excluding steroid dienone is 10. The fraction of sp³-hybridized carbons (Fsp3) is 0.267. The van der Waals surface area contributed by atoms with Gasteiger partial charge in [-0.25, -0.2) is 0 Å². The highest BCUT2D eigenvalue weighted by atomic mass is 16.1. The van der Waals surface area contributed by atoms with Crippen molar-refractivity contribution in [2.24, 2.45) is 0 Å². The Balaban J connectivity index is 2.27. The zero-order valence-corrected chi connectivity index (χ0v) is 9.51. The zero-order valence-electron chi connectivity index (χ0n) is 9.51. The summed E-state index contributed by atoms with van der Waals surface area (Å²) in [5.74, 6) is 0. The maximum absolute atomic E-state index is 9.96. The van der Waals surface area contributed by atoms with Crippen LogP contribution in [0.4, 0.5) is 0 Å². The van der Waals surface area contributed by atoms with Crippen LogP contribution in [0, 0.1) is 0 Å². The summed E-state index contributed by atoms with van der Waals surface area (Å²) in [6.45, 7) is 0. The van der Waals surface area contributed by atoms with Crippen molar-refractivity contribution in [2.75, 3.05) is 0 Å². The molecule has 0 aromatic rings. The SMILES string of the molecule is O=CC=CC=CC=CC=CC1=CCCCC1. The van der Waals surface area contributed by atoms with Crippen LogP contribution in [-0.4, -0.2) is 6.29 Å². The lowest BCUT2D eigenvalue weighted by Gasteiger charge is -2.07. The van der Waals surface area contributed by atoms with Crippen LogP contribution in [-0.2, 0) is 4.79 Å². The molecule has 0 amide bonds. The van der Waals surface area contributed by atoms with Crippen LogP contribution in [0.1, 0.15) is 25.7 Å². The number of hydrogen-bond donors (Lipinski definition) is 0. The monoisotopic (exact) mass is 214 g/mol. The van der Waals surface area contributed by atoms with Crippen LogP contribution in [0.5, 0.6) is 0 Å². The minimum absolute atomic E-state index is 0.767. The average Bonchev–Trinajstić information content (AvgIpc) is 2.34. The van der Waals surface area contributed by atoms with Gasteiger partial charge in [-0.2, -0.15) is 0 Å². The van der Waals surface area contributed by atoms with Gasteiger partial charge >= 0.3 is 0 Å². The van der Waals surface area contributed by atoms with Crippen molar-refractivity contribution in [3.8, 4) is 0 Å². The van der Waals surface area contributed by atoms with Crippen LogP contribution in [0.15, 0.2) is 60.3 Å². The summed E-state index contributed by atoms with van der Waals surface area (Å²) >= 11 is 0. The lowest BCUT2D eigenvalue weighted by Crippen LogP contribution is -1.87. The molecule has 1 nitrogen and oxygen atoms in total. The van der Waals surface area contributed by atoms with Gasteiger partial charge in [0.05, 0.1) is 0 Å². The molecule has 1 aliphatic rings. The third kappa shape index (κ3) is 5.97. The molecule has 0 fully saturated rings. The molecule has 0 radical (unpaired) electrons. The smallest absolute Gasteiger partial charge is 0.142 e. The molecule has 16 heavy (non-hydrogen) atoms. The van der Waals surface area contributed by atoms with E-state index in [1.54, 1.807) is 6.08 Å². The molecule has 0 saturated heterocycles. The van der Waals surface area contributed by atoms with Gasteiger partial charge in [0.25, 0.3) is 0 Å². The first-order chi connectivity index (χ1) is 7.93. The van der Waals surface area contributed by atoms with Gasteiger partial charge in [0.15, 0.2) is 0 Å². The summed E-state index contributed by atoms with van der Waals surface area (Å²) < 4.78 is 0. The van der Waals surface area contributed by atoms with Gasteiger partial charge < -0.3 is 0 Å². The van der Waals surface area contributed by atoms with Crippen molar-refractivity contribution in [1.29, 1.82) is 0 Å². The van der Waals surface area contributed by atoms with Gasteiger partial charge in [0.1, 0.15) is 6.29 Å². The lowest BCUT2D eigenvalue weighted by molar-refractivity contribution is -0.104. The van der Waals surface area contributed by atoms with Gasteiger partial charge in [-0.15, -0.1) is 0 Å². The van der Waals surface area contributed by atoms with E-state index in [9.17, 15) is 4.79 Å². The minimum Gasteiger partial charge on any atom is -0.299 e. The van der Waals surface area contributed by atoms with Crippen molar-refractivity contribution < 1.29 is 4.79 Å². The Morgan fingerprint density at radius 3 is 2.19 bits per heavy atom. The topological polar surface area (TPSA) is 17.1 Å². The normalized spacial score (nSPS) is 17.9. The molecule has 0 unspecified atom stereocenters. The number of carbonyl (C=O) groups excluding carboxylic acids is 1. The van der Waals surface area contributed by atoms with Crippen molar-refractivity contribution in [3.05, 3.63) is 60.3 Å². The van der Waals surface area contributed by atoms with Gasteiger partial charge in [-0.3, -0.25) is 4.79 Å². The third-order valence-corrected chi connectivity index (χ3v) is 2.38. The van der Waals surface area contributed by atoms with Gasteiger partial charge in [0, 0.05) is 0 Å². The highest BCUT2D eigenvalue weighted by Gasteiger charge is 1.98. The van der Waals surface area contributed by atoms with Crippen LogP contribution in [0.25, 0.3) is 0 Å². The number of aldehydes is 1. The second-order valence-electron chi connectivity index (χ2n) is 3.67. The molecule has 1 aliphatic carbocycles. The predicted octanol–water partition coefficient (Wildman–Crippen LogP) is 3.91. The van der Waals surface area contributed by atoms with Crippen LogP contribution in [0.2, 0.25) is 0 Å². The van der Waals surface area contributed by atoms with E-state index in [2.05, 4.69) is 18.2 Å². The second kappa shape index (κ2) is 8.66. The van der Waals surface area contributed by atoms with E-state index < -0.39 is 0 Å². The number of carbonyl (C=O) groups is 1. The fourth-order valence-electron chi connectivity index (χ4n) is 1.56. The molecular formula is C15H18O. The summed E-state index contributed by atoms with van der Waals surface area (Å²) in [6, 6.07) is 0. The molecule has 0 N–H and O–H groups in total. The minimum atomic E-state index is 0.767. The highest BCUT2D eigenvalue weighted by Crippen LogP contribution is 2.17. The van der Waals surface area contributed by atoms with Crippen molar-refractivity contribution >= 4 is 6.29 Å². The Labute approximate surface area is 97.6 Å². The van der Waals surface area contributed by atoms with E-state index >= 15 is 0 Å².